The van der Waals surface area contributed by atoms with Crippen LogP contribution in [0.4, 0.5) is 0 Å². The van der Waals surface area contributed by atoms with E-state index in [2.05, 4.69) is 31.0 Å². The molecule has 0 aliphatic rings. The number of carboxylic acid groups (broad SMARTS) is 1. The Labute approximate surface area is 211 Å². The highest BCUT2D eigenvalue weighted by Gasteiger charge is 2.23. The first-order valence-electron chi connectivity index (χ1n) is 11.7. The quantitative estimate of drug-likeness (QED) is 0.281. The second-order valence-electron chi connectivity index (χ2n) is 8.69. The number of hydrogen-bond acceptors (Lipinski definition) is 3. The number of aryl methyl sites for hydroxylation is 2. The van der Waals surface area contributed by atoms with Gasteiger partial charge in [-0.2, -0.15) is 0 Å². The van der Waals surface area contributed by atoms with E-state index in [1.54, 1.807) is 0 Å². The monoisotopic (exact) mass is 488 g/mol. The summed E-state index contributed by atoms with van der Waals surface area (Å²) in [4.78, 5) is 16.1. The molecule has 0 saturated heterocycles. The molecule has 3 aromatic carbocycles. The lowest BCUT2D eigenvalue weighted by atomic mass is 9.94. The molecule has 0 aliphatic heterocycles. The third-order valence-electron chi connectivity index (χ3n) is 6.29. The number of aromatic nitrogens is 2. The van der Waals surface area contributed by atoms with Crippen LogP contribution in [0.2, 0.25) is 5.02 Å². The summed E-state index contributed by atoms with van der Waals surface area (Å²) in [5, 5.41) is 10.2. The molecule has 1 unspecified atom stereocenters. The third kappa shape index (κ3) is 5.75. The van der Waals surface area contributed by atoms with E-state index in [-0.39, 0.29) is 12.3 Å². The van der Waals surface area contributed by atoms with Gasteiger partial charge in [0.15, 0.2) is 0 Å². The van der Waals surface area contributed by atoms with Crippen LogP contribution in [-0.2, 0) is 24.9 Å². The number of nitrogens with zero attached hydrogens (tertiary/aromatic N) is 2. The average molecular weight is 489 g/mol. The molecule has 0 amide bonds. The molecule has 4 aromatic rings. The topological polar surface area (TPSA) is 64.3 Å². The lowest BCUT2D eigenvalue weighted by Crippen LogP contribution is -2.13. The van der Waals surface area contributed by atoms with Crippen molar-refractivity contribution in [1.82, 2.24) is 9.55 Å². The minimum Gasteiger partial charge on any atom is -0.489 e. The summed E-state index contributed by atoms with van der Waals surface area (Å²) < 4.78 is 8.03. The molecular weight excluding hydrogens is 460 g/mol. The third-order valence-corrected chi connectivity index (χ3v) is 6.52. The molecule has 180 valence electrons. The molecule has 1 heterocycles. The van der Waals surface area contributed by atoms with Gasteiger partial charge in [-0.05, 0) is 71.5 Å². The van der Waals surface area contributed by atoms with Crippen LogP contribution in [0.3, 0.4) is 0 Å². The summed E-state index contributed by atoms with van der Waals surface area (Å²) in [5.74, 6) is 0.301. The maximum Gasteiger partial charge on any atom is 0.304 e. The van der Waals surface area contributed by atoms with Crippen molar-refractivity contribution in [1.29, 1.82) is 0 Å². The largest absolute Gasteiger partial charge is 0.489 e. The Bertz CT molecular complexity index is 1330. The summed E-state index contributed by atoms with van der Waals surface area (Å²) in [6.07, 6.45) is 2.64. The second kappa shape index (κ2) is 10.8. The van der Waals surface area contributed by atoms with Crippen LogP contribution < -0.4 is 4.74 Å². The van der Waals surface area contributed by atoms with Crippen molar-refractivity contribution >= 4 is 17.6 Å². The van der Waals surface area contributed by atoms with Crippen LogP contribution in [-0.4, -0.2) is 20.6 Å². The highest BCUT2D eigenvalue weighted by atomic mass is 35.5. The SMILES string of the molecule is CCc1cnc(C(CC(=O)O)c2ccc(OCc3cccc(-c4ccc(Cl)cc4C)c3)cc2)n1C. The maximum atomic E-state index is 11.6. The first-order chi connectivity index (χ1) is 16.9. The summed E-state index contributed by atoms with van der Waals surface area (Å²) in [6.45, 7) is 4.54. The van der Waals surface area contributed by atoms with Gasteiger partial charge in [-0.1, -0.05) is 54.9 Å². The Balaban J connectivity index is 1.49. The Kier molecular flexibility index (Phi) is 7.57. The van der Waals surface area contributed by atoms with E-state index in [4.69, 9.17) is 16.3 Å². The minimum atomic E-state index is -0.854. The van der Waals surface area contributed by atoms with Crippen molar-refractivity contribution in [2.24, 2.45) is 7.05 Å². The number of aliphatic carboxylic acids is 1. The van der Waals surface area contributed by atoms with Crippen molar-refractivity contribution in [3.05, 3.63) is 106 Å². The molecule has 35 heavy (non-hydrogen) atoms. The van der Waals surface area contributed by atoms with Gasteiger partial charge in [0.25, 0.3) is 0 Å². The maximum absolute atomic E-state index is 11.6. The van der Waals surface area contributed by atoms with Crippen molar-refractivity contribution in [2.45, 2.75) is 39.2 Å². The summed E-state index contributed by atoms with van der Waals surface area (Å²) in [7, 11) is 1.94. The number of rotatable bonds is 9. The lowest BCUT2D eigenvalue weighted by Gasteiger charge is -2.17. The number of ether oxygens (including phenoxy) is 1. The highest BCUT2D eigenvalue weighted by Crippen LogP contribution is 2.30. The van der Waals surface area contributed by atoms with Crippen LogP contribution >= 0.6 is 11.6 Å². The lowest BCUT2D eigenvalue weighted by molar-refractivity contribution is -0.137. The molecule has 5 nitrogen and oxygen atoms in total. The first-order valence-corrected chi connectivity index (χ1v) is 12.0. The van der Waals surface area contributed by atoms with Gasteiger partial charge in [0, 0.05) is 24.0 Å². The molecule has 0 aliphatic carbocycles. The van der Waals surface area contributed by atoms with Crippen LogP contribution in [0.1, 0.15) is 47.5 Å². The number of carboxylic acids is 1. The van der Waals surface area contributed by atoms with Crippen molar-refractivity contribution in [2.75, 3.05) is 0 Å². The molecule has 0 radical (unpaired) electrons. The molecule has 6 heteroatoms. The van der Waals surface area contributed by atoms with Crippen molar-refractivity contribution in [3.8, 4) is 16.9 Å². The Hall–Kier alpha value is -3.57. The smallest absolute Gasteiger partial charge is 0.304 e. The zero-order valence-corrected chi connectivity index (χ0v) is 20.9. The average Bonchev–Trinajstić information content (AvgIpc) is 3.21. The van der Waals surface area contributed by atoms with E-state index in [1.807, 2.05) is 72.4 Å². The minimum absolute atomic E-state index is 0.0227. The molecule has 0 bridgehead atoms. The van der Waals surface area contributed by atoms with Crippen molar-refractivity contribution < 1.29 is 14.6 Å². The number of imidazole rings is 1. The first kappa shape index (κ1) is 24.6. The van der Waals surface area contributed by atoms with Gasteiger partial charge >= 0.3 is 5.97 Å². The Morgan fingerprint density at radius 2 is 1.89 bits per heavy atom. The van der Waals surface area contributed by atoms with Gasteiger partial charge in [0.05, 0.1) is 12.3 Å². The van der Waals surface area contributed by atoms with Gasteiger partial charge in [-0.25, -0.2) is 4.98 Å². The van der Waals surface area contributed by atoms with Gasteiger partial charge in [-0.15, -0.1) is 0 Å². The van der Waals surface area contributed by atoms with Crippen molar-refractivity contribution in [3.63, 3.8) is 0 Å². The van der Waals surface area contributed by atoms with E-state index in [0.717, 1.165) is 56.5 Å². The fourth-order valence-electron chi connectivity index (χ4n) is 4.39. The zero-order valence-electron chi connectivity index (χ0n) is 20.2. The van der Waals surface area contributed by atoms with Crippen LogP contribution in [0.25, 0.3) is 11.1 Å². The summed E-state index contributed by atoms with van der Waals surface area (Å²) >= 11 is 6.10. The molecule has 1 aromatic heterocycles. The van der Waals surface area contributed by atoms with Gasteiger partial charge in [0.1, 0.15) is 18.2 Å². The van der Waals surface area contributed by atoms with Gasteiger partial charge < -0.3 is 14.4 Å². The predicted octanol–water partition coefficient (Wildman–Crippen LogP) is 6.80. The molecule has 4 rings (SSSR count). The van der Waals surface area contributed by atoms with Crippen LogP contribution in [0, 0.1) is 6.92 Å². The molecular formula is C29H29ClN2O3. The Morgan fingerprint density at radius 3 is 2.54 bits per heavy atom. The van der Waals surface area contributed by atoms with Gasteiger partial charge in [0.2, 0.25) is 0 Å². The molecule has 0 spiro atoms. The number of hydrogen-bond donors (Lipinski definition) is 1. The summed E-state index contributed by atoms with van der Waals surface area (Å²) in [6, 6.07) is 21.8. The summed E-state index contributed by atoms with van der Waals surface area (Å²) in [5.41, 5.74) is 6.42. The fraction of sp³-hybridized carbons (Fsp3) is 0.241. The molecule has 0 fully saturated rings. The van der Waals surface area contributed by atoms with E-state index in [1.165, 1.54) is 0 Å². The number of benzene rings is 3. The fourth-order valence-corrected chi connectivity index (χ4v) is 4.62. The highest BCUT2D eigenvalue weighted by molar-refractivity contribution is 6.30. The molecule has 1 N–H and O–H groups in total. The van der Waals surface area contributed by atoms with Gasteiger partial charge in [-0.3, -0.25) is 4.79 Å². The zero-order chi connectivity index (χ0) is 24.9. The van der Waals surface area contributed by atoms with E-state index >= 15 is 0 Å². The number of halogens is 1. The van der Waals surface area contributed by atoms with E-state index in [0.29, 0.717) is 6.61 Å². The standard InChI is InChI=1S/C29H29ClN2O3/c1-4-24-17-31-29(32(24)3)27(16-28(33)34)21-8-11-25(12-9-21)35-18-20-6-5-7-22(15-20)26-13-10-23(30)14-19(26)2/h5-15,17,27H,4,16,18H2,1-3H3,(H,33,34). The Morgan fingerprint density at radius 1 is 1.11 bits per heavy atom. The number of carbonyl (C=O) groups is 1. The predicted molar refractivity (Wildman–Crippen MR) is 139 cm³/mol. The van der Waals surface area contributed by atoms with Crippen LogP contribution in [0.5, 0.6) is 5.75 Å². The van der Waals surface area contributed by atoms with E-state index < -0.39 is 5.97 Å². The molecule has 0 saturated carbocycles. The molecule has 1 atom stereocenters. The second-order valence-corrected chi connectivity index (χ2v) is 9.12. The van der Waals surface area contributed by atoms with E-state index in [9.17, 15) is 9.90 Å². The normalized spacial score (nSPS) is 11.9. The van der Waals surface area contributed by atoms with Crippen LogP contribution in [0.15, 0.2) is 72.9 Å².